The van der Waals surface area contributed by atoms with Crippen molar-refractivity contribution in [3.63, 3.8) is 0 Å². The second-order valence-corrected chi connectivity index (χ2v) is 5.86. The van der Waals surface area contributed by atoms with Crippen LogP contribution in [0.15, 0.2) is 29.1 Å². The first-order chi connectivity index (χ1) is 12.8. The number of fused-ring (bicyclic) bond motifs is 2. The molecule has 0 radical (unpaired) electrons. The zero-order valence-electron chi connectivity index (χ0n) is 13.7. The van der Waals surface area contributed by atoms with Gasteiger partial charge in [-0.15, -0.1) is 0 Å². The number of H-pyrrole nitrogens is 2. The molecule has 0 bridgehead atoms. The average Bonchev–Trinajstić information content (AvgIpc) is 3.01. The smallest absolute Gasteiger partial charge is 0.411 e. The van der Waals surface area contributed by atoms with Crippen LogP contribution in [-0.2, 0) is 0 Å². The van der Waals surface area contributed by atoms with E-state index in [1.807, 2.05) is 0 Å². The molecule has 0 aliphatic heterocycles. The van der Waals surface area contributed by atoms with E-state index < -0.39 is 23.3 Å². The third-order valence-electron chi connectivity index (χ3n) is 4.22. The lowest BCUT2D eigenvalue weighted by Crippen LogP contribution is -2.10. The molecular formula is C17H11F2N5O3. The van der Waals surface area contributed by atoms with Crippen LogP contribution < -0.4 is 10.9 Å². The lowest BCUT2D eigenvalue weighted by atomic mass is 9.99. The molecule has 27 heavy (non-hydrogen) atoms. The Labute approximate surface area is 148 Å². The highest BCUT2D eigenvalue weighted by atomic mass is 19.2. The molecule has 4 aromatic rings. The number of hydrogen-bond acceptors (Lipinski definition) is 4. The van der Waals surface area contributed by atoms with Gasteiger partial charge >= 0.3 is 6.09 Å². The van der Waals surface area contributed by atoms with Crippen LogP contribution >= 0.6 is 0 Å². The number of aromatic nitrogens is 4. The number of aromatic amines is 2. The monoisotopic (exact) mass is 371 g/mol. The number of benzene rings is 2. The minimum Gasteiger partial charge on any atom is -0.465 e. The molecule has 0 fully saturated rings. The molecule has 1 amide bonds. The van der Waals surface area contributed by atoms with Crippen LogP contribution in [0.2, 0.25) is 0 Å². The van der Waals surface area contributed by atoms with E-state index in [1.165, 1.54) is 0 Å². The van der Waals surface area contributed by atoms with Crippen LogP contribution in [0.3, 0.4) is 0 Å². The molecule has 4 rings (SSSR count). The van der Waals surface area contributed by atoms with Crippen LogP contribution in [0.5, 0.6) is 0 Å². The van der Waals surface area contributed by atoms with E-state index in [1.54, 1.807) is 19.1 Å². The largest absolute Gasteiger partial charge is 0.465 e. The number of hydrogen-bond donors (Lipinski definition) is 4. The number of anilines is 1. The molecule has 10 heteroatoms. The molecule has 2 aromatic heterocycles. The fourth-order valence-corrected chi connectivity index (χ4v) is 2.99. The third kappa shape index (κ3) is 2.67. The minimum absolute atomic E-state index is 0.0337. The van der Waals surface area contributed by atoms with Crippen molar-refractivity contribution in [2.45, 2.75) is 6.92 Å². The molecular weight excluding hydrogens is 360 g/mol. The summed E-state index contributed by atoms with van der Waals surface area (Å²) in [5, 5.41) is 17.3. The topological polar surface area (TPSA) is 124 Å². The zero-order valence-corrected chi connectivity index (χ0v) is 13.7. The van der Waals surface area contributed by atoms with Crippen molar-refractivity contribution in [2.75, 3.05) is 5.32 Å². The summed E-state index contributed by atoms with van der Waals surface area (Å²) in [7, 11) is 0. The lowest BCUT2D eigenvalue weighted by molar-refractivity contribution is 0.209. The number of carbonyl (C=O) groups is 1. The summed E-state index contributed by atoms with van der Waals surface area (Å²) in [5.41, 5.74) is 1.81. The summed E-state index contributed by atoms with van der Waals surface area (Å²) in [5.74, 6) is -2.18. The number of carboxylic acid groups (broad SMARTS) is 1. The number of nitrogens with one attached hydrogen (secondary N) is 3. The Hall–Kier alpha value is -3.82. The lowest BCUT2D eigenvalue weighted by Gasteiger charge is -2.09. The Balaban J connectivity index is 1.98. The van der Waals surface area contributed by atoms with Gasteiger partial charge in [0.05, 0.1) is 22.1 Å². The van der Waals surface area contributed by atoms with Gasteiger partial charge in [0, 0.05) is 10.9 Å². The summed E-state index contributed by atoms with van der Waals surface area (Å²) >= 11 is 0. The molecule has 0 aliphatic carbocycles. The first kappa shape index (κ1) is 16.6. The van der Waals surface area contributed by atoms with Gasteiger partial charge in [0.1, 0.15) is 0 Å². The number of halogens is 2. The molecule has 0 saturated carbocycles. The van der Waals surface area contributed by atoms with Gasteiger partial charge in [-0.25, -0.2) is 23.7 Å². The fraction of sp³-hybridized carbons (Fsp3) is 0.0588. The van der Waals surface area contributed by atoms with Crippen LogP contribution in [0.1, 0.15) is 5.56 Å². The zero-order chi connectivity index (χ0) is 19.3. The van der Waals surface area contributed by atoms with Crippen molar-refractivity contribution in [3.8, 4) is 11.3 Å². The first-order valence-electron chi connectivity index (χ1n) is 7.72. The Morgan fingerprint density at radius 3 is 2.59 bits per heavy atom. The van der Waals surface area contributed by atoms with Crippen LogP contribution in [0.4, 0.5) is 19.5 Å². The van der Waals surface area contributed by atoms with E-state index in [9.17, 15) is 18.4 Å². The van der Waals surface area contributed by atoms with Gasteiger partial charge in [-0.2, -0.15) is 5.10 Å². The van der Waals surface area contributed by atoms with Gasteiger partial charge in [-0.05, 0) is 30.7 Å². The van der Waals surface area contributed by atoms with E-state index in [-0.39, 0.29) is 22.4 Å². The van der Waals surface area contributed by atoms with Gasteiger partial charge in [-0.1, -0.05) is 6.07 Å². The highest BCUT2D eigenvalue weighted by Gasteiger charge is 2.17. The average molecular weight is 371 g/mol. The molecule has 0 spiro atoms. The number of rotatable bonds is 2. The Morgan fingerprint density at radius 2 is 1.89 bits per heavy atom. The van der Waals surface area contributed by atoms with E-state index >= 15 is 0 Å². The molecule has 8 nitrogen and oxygen atoms in total. The normalized spacial score (nSPS) is 11.2. The molecule has 0 saturated heterocycles. The SMILES string of the molecule is Cc1c(-c2n[nH]c(=O)c3cc(F)c(F)cc23)ccc2[nH]c(NC(=O)O)nc12. The highest BCUT2D eigenvalue weighted by molar-refractivity contribution is 5.98. The highest BCUT2D eigenvalue weighted by Crippen LogP contribution is 2.32. The predicted molar refractivity (Wildman–Crippen MR) is 93.8 cm³/mol. The minimum atomic E-state index is -1.27. The molecule has 2 heterocycles. The number of amides is 1. The van der Waals surface area contributed by atoms with E-state index in [4.69, 9.17) is 5.11 Å². The molecule has 4 N–H and O–H groups in total. The van der Waals surface area contributed by atoms with E-state index in [2.05, 4.69) is 25.5 Å². The Kier molecular flexibility index (Phi) is 3.62. The maximum atomic E-state index is 13.8. The maximum Gasteiger partial charge on any atom is 0.411 e. The van der Waals surface area contributed by atoms with Crippen molar-refractivity contribution >= 4 is 33.8 Å². The molecule has 0 aliphatic rings. The third-order valence-corrected chi connectivity index (χ3v) is 4.22. The van der Waals surface area contributed by atoms with Crippen LogP contribution in [0.25, 0.3) is 33.1 Å². The fourth-order valence-electron chi connectivity index (χ4n) is 2.99. The van der Waals surface area contributed by atoms with Crippen molar-refractivity contribution in [3.05, 3.63) is 51.8 Å². The summed E-state index contributed by atoms with van der Waals surface area (Å²) < 4.78 is 27.3. The van der Waals surface area contributed by atoms with Crippen molar-refractivity contribution in [1.82, 2.24) is 20.2 Å². The van der Waals surface area contributed by atoms with Gasteiger partial charge in [0.25, 0.3) is 5.56 Å². The van der Waals surface area contributed by atoms with Gasteiger partial charge in [0.15, 0.2) is 11.6 Å². The number of imidazole rings is 1. The molecule has 136 valence electrons. The number of aryl methyl sites for hydroxylation is 1. The Morgan fingerprint density at radius 1 is 1.19 bits per heavy atom. The molecule has 0 atom stereocenters. The van der Waals surface area contributed by atoms with Crippen LogP contribution in [0, 0.1) is 18.6 Å². The summed E-state index contributed by atoms with van der Waals surface area (Å²) in [4.78, 5) is 29.7. The molecule has 2 aromatic carbocycles. The van der Waals surface area contributed by atoms with E-state index in [0.717, 1.165) is 12.1 Å². The van der Waals surface area contributed by atoms with Gasteiger partial charge in [-0.3, -0.25) is 10.1 Å². The van der Waals surface area contributed by atoms with Crippen molar-refractivity contribution < 1.29 is 18.7 Å². The predicted octanol–water partition coefficient (Wildman–Crippen LogP) is 3.14. The first-order valence-corrected chi connectivity index (χ1v) is 7.72. The summed E-state index contributed by atoms with van der Waals surface area (Å²) in [6.07, 6.45) is -1.27. The number of nitrogens with zero attached hydrogens (tertiary/aromatic N) is 2. The van der Waals surface area contributed by atoms with Gasteiger partial charge in [0.2, 0.25) is 5.95 Å². The standard InChI is InChI=1S/C17H11F2N5O3/c1-6-7(2-3-12-13(6)21-16(20-12)22-17(26)27)14-8-4-10(18)11(19)5-9(8)15(25)24-23-14/h2-5H,1H3,(H,24,25)(H,26,27)(H2,20,21,22). The van der Waals surface area contributed by atoms with Crippen LogP contribution in [-0.4, -0.2) is 31.4 Å². The second kappa shape index (κ2) is 5.87. The second-order valence-electron chi connectivity index (χ2n) is 5.86. The summed E-state index contributed by atoms with van der Waals surface area (Å²) in [6.45, 7) is 1.72. The van der Waals surface area contributed by atoms with Crippen molar-refractivity contribution in [1.29, 1.82) is 0 Å². The van der Waals surface area contributed by atoms with E-state index in [0.29, 0.717) is 22.2 Å². The maximum absolute atomic E-state index is 13.8. The quantitative estimate of drug-likeness (QED) is 0.431. The summed E-state index contributed by atoms with van der Waals surface area (Å²) in [6, 6.07) is 5.07. The molecule has 0 unspecified atom stereocenters. The van der Waals surface area contributed by atoms with Crippen molar-refractivity contribution in [2.24, 2.45) is 0 Å². The van der Waals surface area contributed by atoms with Gasteiger partial charge < -0.3 is 10.1 Å². The Bertz CT molecular complexity index is 1300.